The molecule has 0 saturated carbocycles. The van der Waals surface area contributed by atoms with Gasteiger partial charge in [-0.2, -0.15) is 4.98 Å². The highest BCUT2D eigenvalue weighted by molar-refractivity contribution is 9.10. The average Bonchev–Trinajstić information content (AvgIpc) is 2.92. The molecule has 3 N–H and O–H groups in total. The summed E-state index contributed by atoms with van der Waals surface area (Å²) in [6.45, 7) is 2.18. The summed E-state index contributed by atoms with van der Waals surface area (Å²) < 4.78 is 7.82. The number of methoxy groups -OCH3 is 1. The maximum atomic E-state index is 8.97. The van der Waals surface area contributed by atoms with Crippen LogP contribution in [0.5, 0.6) is 5.75 Å². The molecule has 0 radical (unpaired) electrons. The molecule has 7 nitrogen and oxygen atoms in total. The minimum Gasteiger partial charge on any atom is -0.495 e. The van der Waals surface area contributed by atoms with Crippen molar-refractivity contribution in [3.05, 3.63) is 39.9 Å². The van der Waals surface area contributed by atoms with E-state index in [9.17, 15) is 0 Å². The van der Waals surface area contributed by atoms with E-state index in [0.29, 0.717) is 22.4 Å². The van der Waals surface area contributed by atoms with E-state index in [-0.39, 0.29) is 12.6 Å². The molecular weight excluding hydrogens is 386 g/mol. The Morgan fingerprint density at radius 1 is 1.40 bits per heavy atom. The smallest absolute Gasteiger partial charge is 0.223 e. The summed E-state index contributed by atoms with van der Waals surface area (Å²) in [4.78, 5) is 12.8. The molecule has 0 bridgehead atoms. The van der Waals surface area contributed by atoms with E-state index < -0.39 is 0 Å². The highest BCUT2D eigenvalue weighted by Gasteiger charge is 2.15. The van der Waals surface area contributed by atoms with E-state index in [0.717, 1.165) is 22.4 Å². The summed E-state index contributed by atoms with van der Waals surface area (Å²) in [5, 5.41) is 9.73. The monoisotopic (exact) mass is 401 g/mol. The van der Waals surface area contributed by atoms with Crippen LogP contribution in [0.1, 0.15) is 16.8 Å². The molecule has 0 aliphatic carbocycles. The van der Waals surface area contributed by atoms with Crippen molar-refractivity contribution >= 4 is 32.9 Å². The molecule has 0 saturated heterocycles. The van der Waals surface area contributed by atoms with Gasteiger partial charge < -0.3 is 20.1 Å². The quantitative estimate of drug-likeness (QED) is 0.513. The average molecular weight is 402 g/mol. The fourth-order valence-electron chi connectivity index (χ4n) is 2.55. The van der Waals surface area contributed by atoms with Gasteiger partial charge in [0.2, 0.25) is 5.95 Å². The van der Waals surface area contributed by atoms with Crippen molar-refractivity contribution in [3.63, 3.8) is 0 Å². The number of aromatic nitrogens is 4. The van der Waals surface area contributed by atoms with Crippen molar-refractivity contribution in [2.45, 2.75) is 13.5 Å². The Bertz CT molecular complexity index is 1000. The van der Waals surface area contributed by atoms with Crippen LogP contribution >= 0.6 is 15.9 Å². The van der Waals surface area contributed by atoms with Crippen LogP contribution in [0.15, 0.2) is 23.1 Å². The summed E-state index contributed by atoms with van der Waals surface area (Å²) in [5.41, 5.74) is 8.93. The van der Waals surface area contributed by atoms with Gasteiger partial charge in [-0.25, -0.2) is 4.98 Å². The van der Waals surface area contributed by atoms with E-state index in [1.54, 1.807) is 13.3 Å². The fraction of sp³-hybridized carbons (Fsp3) is 0.235. The van der Waals surface area contributed by atoms with Crippen LogP contribution in [0.2, 0.25) is 0 Å². The van der Waals surface area contributed by atoms with Crippen LogP contribution in [0, 0.1) is 18.8 Å². The molecule has 0 unspecified atom stereocenters. The number of aliphatic hydroxyl groups excluding tert-OH is 1. The summed E-state index contributed by atoms with van der Waals surface area (Å²) in [6, 6.07) is 1.94. The second kappa shape index (κ2) is 7.09. The first-order valence-corrected chi connectivity index (χ1v) is 8.24. The fourth-order valence-corrected chi connectivity index (χ4v) is 3.12. The second-order valence-electron chi connectivity index (χ2n) is 5.33. The number of rotatable bonds is 3. The lowest BCUT2D eigenvalue weighted by Gasteiger charge is -2.08. The standard InChI is InChI=1S/C17H16BrN5O2/c1-10-13(25-2)6-11(7-20-10)8-23-9-12(4-3-5-24)14-15(18)21-17(19)22-16(14)23/h6-7,9,24H,5,8H2,1-2H3,(H2,19,21,22). The summed E-state index contributed by atoms with van der Waals surface area (Å²) in [7, 11) is 1.62. The third-order valence-corrected chi connectivity index (χ3v) is 4.24. The van der Waals surface area contributed by atoms with Crippen LogP contribution in [0.25, 0.3) is 11.0 Å². The van der Waals surface area contributed by atoms with E-state index in [4.69, 9.17) is 15.6 Å². The van der Waals surface area contributed by atoms with Crippen molar-refractivity contribution in [1.29, 1.82) is 0 Å². The molecule has 0 aliphatic rings. The van der Waals surface area contributed by atoms with Gasteiger partial charge in [0.15, 0.2) is 0 Å². The molecule has 128 valence electrons. The van der Waals surface area contributed by atoms with Gasteiger partial charge in [0.25, 0.3) is 0 Å². The molecule has 0 aliphatic heterocycles. The van der Waals surface area contributed by atoms with Gasteiger partial charge in [-0.3, -0.25) is 4.98 Å². The van der Waals surface area contributed by atoms with Gasteiger partial charge in [0, 0.05) is 12.4 Å². The van der Waals surface area contributed by atoms with Crippen molar-refractivity contribution < 1.29 is 9.84 Å². The number of nitrogen functional groups attached to an aromatic ring is 1. The predicted molar refractivity (Wildman–Crippen MR) is 98.2 cm³/mol. The van der Waals surface area contributed by atoms with E-state index in [1.807, 2.05) is 23.8 Å². The Morgan fingerprint density at radius 2 is 2.20 bits per heavy atom. The zero-order valence-corrected chi connectivity index (χ0v) is 15.3. The zero-order valence-electron chi connectivity index (χ0n) is 13.7. The summed E-state index contributed by atoms with van der Waals surface area (Å²) >= 11 is 3.41. The van der Waals surface area contributed by atoms with Gasteiger partial charge >= 0.3 is 0 Å². The number of fused-ring (bicyclic) bond motifs is 1. The van der Waals surface area contributed by atoms with Crippen LogP contribution in [-0.4, -0.2) is 38.3 Å². The molecule has 3 aromatic heterocycles. The Kier molecular flexibility index (Phi) is 4.88. The molecule has 3 rings (SSSR count). The van der Waals surface area contributed by atoms with E-state index in [2.05, 4.69) is 42.7 Å². The molecule has 8 heteroatoms. The van der Waals surface area contributed by atoms with Crippen LogP contribution in [0.4, 0.5) is 5.95 Å². The van der Waals surface area contributed by atoms with E-state index in [1.165, 1.54) is 0 Å². The predicted octanol–water partition coefficient (Wildman–Crippen LogP) is 1.88. The van der Waals surface area contributed by atoms with Gasteiger partial charge in [0.05, 0.1) is 30.3 Å². The lowest BCUT2D eigenvalue weighted by molar-refractivity contribution is 0.350. The SMILES string of the molecule is COc1cc(Cn2cc(C#CCO)c3c(Br)nc(N)nc32)cnc1C. The number of aryl methyl sites for hydroxylation is 1. The Labute approximate surface area is 153 Å². The van der Waals surface area contributed by atoms with Gasteiger partial charge in [-0.15, -0.1) is 0 Å². The van der Waals surface area contributed by atoms with Gasteiger partial charge in [-0.05, 0) is 34.5 Å². The number of aliphatic hydroxyl groups is 1. The number of nitrogens with zero attached hydrogens (tertiary/aromatic N) is 4. The number of nitrogens with two attached hydrogens (primary N) is 1. The topological polar surface area (TPSA) is 99.1 Å². The first-order valence-electron chi connectivity index (χ1n) is 7.44. The molecule has 3 aromatic rings. The highest BCUT2D eigenvalue weighted by Crippen LogP contribution is 2.28. The maximum Gasteiger partial charge on any atom is 0.223 e. The molecule has 25 heavy (non-hydrogen) atoms. The second-order valence-corrected chi connectivity index (χ2v) is 6.08. The first-order chi connectivity index (χ1) is 12.0. The maximum absolute atomic E-state index is 8.97. The lowest BCUT2D eigenvalue weighted by atomic mass is 10.2. The number of hydrogen-bond acceptors (Lipinski definition) is 6. The molecule has 0 fully saturated rings. The molecule has 0 spiro atoms. The minimum atomic E-state index is -0.223. The summed E-state index contributed by atoms with van der Waals surface area (Å²) in [5.74, 6) is 6.47. The largest absolute Gasteiger partial charge is 0.495 e. The molecular formula is C17H16BrN5O2. The van der Waals surface area contributed by atoms with E-state index >= 15 is 0 Å². The van der Waals surface area contributed by atoms with Crippen LogP contribution in [-0.2, 0) is 6.54 Å². The third-order valence-electron chi connectivity index (χ3n) is 3.66. The van der Waals surface area contributed by atoms with Crippen molar-refractivity contribution in [2.75, 3.05) is 19.5 Å². The van der Waals surface area contributed by atoms with Crippen molar-refractivity contribution in [2.24, 2.45) is 0 Å². The van der Waals surface area contributed by atoms with Gasteiger partial charge in [-0.1, -0.05) is 11.8 Å². The van der Waals surface area contributed by atoms with Gasteiger partial charge in [0.1, 0.15) is 22.6 Å². The summed E-state index contributed by atoms with van der Waals surface area (Å²) in [6.07, 6.45) is 3.65. The third kappa shape index (κ3) is 3.43. The van der Waals surface area contributed by atoms with Crippen LogP contribution < -0.4 is 10.5 Å². The highest BCUT2D eigenvalue weighted by atomic mass is 79.9. The first kappa shape index (κ1) is 17.2. The number of hydrogen-bond donors (Lipinski definition) is 2. The number of anilines is 1. The van der Waals surface area contributed by atoms with Crippen LogP contribution in [0.3, 0.4) is 0 Å². The molecule has 0 amide bonds. The zero-order chi connectivity index (χ0) is 18.0. The lowest BCUT2D eigenvalue weighted by Crippen LogP contribution is -2.03. The number of halogens is 1. The number of pyridine rings is 1. The van der Waals surface area contributed by atoms with Crippen molar-refractivity contribution in [1.82, 2.24) is 19.5 Å². The Balaban J connectivity index is 2.13. The minimum absolute atomic E-state index is 0.167. The molecule has 0 atom stereocenters. The normalized spacial score (nSPS) is 10.6. The number of ether oxygens (including phenoxy) is 1. The Hall–Kier alpha value is -2.63. The van der Waals surface area contributed by atoms with Crippen molar-refractivity contribution in [3.8, 4) is 17.6 Å². The molecule has 0 aromatic carbocycles. The Morgan fingerprint density at radius 3 is 2.92 bits per heavy atom. The molecule has 3 heterocycles.